The van der Waals surface area contributed by atoms with Gasteiger partial charge in [0.15, 0.2) is 0 Å². The molecule has 1 fully saturated rings. The summed E-state index contributed by atoms with van der Waals surface area (Å²) in [5.74, 6) is 0. The number of benzene rings is 3. The zero-order chi connectivity index (χ0) is 18.6. The molecule has 3 aromatic rings. The zero-order valence-corrected chi connectivity index (χ0v) is 16.2. The molecule has 1 heterocycles. The fourth-order valence-corrected chi connectivity index (χ4v) is 3.75. The molecule has 0 radical (unpaired) electrons. The van der Waals surface area contributed by atoms with Crippen LogP contribution in [-0.2, 0) is 6.54 Å². The third-order valence-electron chi connectivity index (χ3n) is 5.35. The fraction of sp³-hybridized carbons (Fsp3) is 0.292. The van der Waals surface area contributed by atoms with E-state index in [1.807, 2.05) is 0 Å². The van der Waals surface area contributed by atoms with Gasteiger partial charge in [0.1, 0.15) is 0 Å². The highest BCUT2D eigenvalue weighted by molar-refractivity contribution is 6.09. The van der Waals surface area contributed by atoms with E-state index in [1.165, 1.54) is 27.5 Å². The third-order valence-corrected chi connectivity index (χ3v) is 5.35. The Morgan fingerprint density at radius 1 is 0.852 bits per heavy atom. The lowest BCUT2D eigenvalue weighted by Gasteiger charge is -2.33. The molecular weight excluding hydrogens is 330 g/mol. The van der Waals surface area contributed by atoms with E-state index in [4.69, 9.17) is 5.10 Å². The highest BCUT2D eigenvalue weighted by Crippen LogP contribution is 2.20. The van der Waals surface area contributed by atoms with Gasteiger partial charge >= 0.3 is 0 Å². The molecule has 0 aliphatic carbocycles. The molecule has 138 valence electrons. The van der Waals surface area contributed by atoms with Crippen molar-refractivity contribution in [2.75, 3.05) is 26.2 Å². The lowest BCUT2D eigenvalue weighted by molar-refractivity contribution is 0.130. The molecule has 4 rings (SSSR count). The summed E-state index contributed by atoms with van der Waals surface area (Å²) in [6.07, 6.45) is 0. The van der Waals surface area contributed by atoms with Crippen LogP contribution in [0.3, 0.4) is 0 Å². The maximum absolute atomic E-state index is 4.93. The van der Waals surface area contributed by atoms with Crippen molar-refractivity contribution in [3.63, 3.8) is 0 Å². The highest BCUT2D eigenvalue weighted by Gasteiger charge is 2.16. The molecule has 1 aliphatic rings. The van der Waals surface area contributed by atoms with Gasteiger partial charge in [-0.15, -0.1) is 0 Å². The molecule has 0 saturated carbocycles. The first-order valence-electron chi connectivity index (χ1n) is 9.75. The number of fused-ring (bicyclic) bond motifs is 1. The predicted molar refractivity (Wildman–Crippen MR) is 114 cm³/mol. The van der Waals surface area contributed by atoms with Crippen molar-refractivity contribution in [2.45, 2.75) is 20.4 Å². The van der Waals surface area contributed by atoms with Crippen LogP contribution in [-0.4, -0.2) is 41.8 Å². The maximum atomic E-state index is 4.93. The van der Waals surface area contributed by atoms with Gasteiger partial charge in [-0.1, -0.05) is 72.3 Å². The second kappa shape index (κ2) is 7.93. The van der Waals surface area contributed by atoms with Gasteiger partial charge in [-0.3, -0.25) is 9.91 Å². The first kappa shape index (κ1) is 17.7. The minimum absolute atomic E-state index is 0.980. The van der Waals surface area contributed by atoms with Crippen LogP contribution in [0.1, 0.15) is 23.6 Å². The summed E-state index contributed by atoms with van der Waals surface area (Å²) < 4.78 is 0. The minimum atomic E-state index is 0.980. The quantitative estimate of drug-likeness (QED) is 0.631. The second-order valence-electron chi connectivity index (χ2n) is 7.43. The van der Waals surface area contributed by atoms with Crippen LogP contribution in [0.25, 0.3) is 10.8 Å². The van der Waals surface area contributed by atoms with E-state index in [1.54, 1.807) is 0 Å². The molecule has 3 aromatic carbocycles. The van der Waals surface area contributed by atoms with E-state index in [-0.39, 0.29) is 0 Å². The van der Waals surface area contributed by atoms with E-state index in [0.29, 0.717) is 0 Å². The molecule has 3 heteroatoms. The average molecular weight is 358 g/mol. The van der Waals surface area contributed by atoms with Crippen LogP contribution in [0, 0.1) is 6.92 Å². The molecule has 0 bridgehead atoms. The lowest BCUT2D eigenvalue weighted by Crippen LogP contribution is -2.43. The summed E-state index contributed by atoms with van der Waals surface area (Å²) in [6, 6.07) is 23.9. The normalized spacial score (nSPS) is 16.1. The summed E-state index contributed by atoms with van der Waals surface area (Å²) in [6.45, 7) is 9.36. The summed E-state index contributed by atoms with van der Waals surface area (Å²) >= 11 is 0. The number of aryl methyl sites for hydroxylation is 1. The number of hydrogen-bond donors (Lipinski definition) is 0. The van der Waals surface area contributed by atoms with Gasteiger partial charge in [0.05, 0.1) is 5.71 Å². The Balaban J connectivity index is 1.41. The number of piperazine rings is 1. The summed E-state index contributed by atoms with van der Waals surface area (Å²) in [4.78, 5) is 2.52. The van der Waals surface area contributed by atoms with Gasteiger partial charge in [-0.2, -0.15) is 5.10 Å². The molecule has 1 aliphatic heterocycles. The monoisotopic (exact) mass is 357 g/mol. The fourth-order valence-electron chi connectivity index (χ4n) is 3.75. The largest absolute Gasteiger partial charge is 0.295 e. The molecule has 27 heavy (non-hydrogen) atoms. The van der Waals surface area contributed by atoms with Crippen molar-refractivity contribution >= 4 is 16.5 Å². The Labute approximate surface area is 161 Å². The number of rotatable bonds is 4. The van der Waals surface area contributed by atoms with E-state index in [9.17, 15) is 0 Å². The predicted octanol–water partition coefficient (Wildman–Crippen LogP) is 4.69. The number of nitrogens with zero attached hydrogens (tertiary/aromatic N) is 3. The van der Waals surface area contributed by atoms with Crippen LogP contribution < -0.4 is 0 Å². The van der Waals surface area contributed by atoms with Crippen LogP contribution in [0.2, 0.25) is 0 Å². The van der Waals surface area contributed by atoms with Crippen LogP contribution >= 0.6 is 0 Å². The van der Waals surface area contributed by atoms with E-state index >= 15 is 0 Å². The van der Waals surface area contributed by atoms with Crippen molar-refractivity contribution in [3.05, 3.63) is 83.4 Å². The highest BCUT2D eigenvalue weighted by atomic mass is 15.5. The zero-order valence-electron chi connectivity index (χ0n) is 16.2. The average Bonchev–Trinajstić information content (AvgIpc) is 2.71. The molecule has 0 aromatic heterocycles. The van der Waals surface area contributed by atoms with Crippen molar-refractivity contribution in [1.82, 2.24) is 9.91 Å². The van der Waals surface area contributed by atoms with Crippen molar-refractivity contribution in [2.24, 2.45) is 5.10 Å². The molecule has 0 atom stereocenters. The number of hydrogen-bond acceptors (Lipinski definition) is 3. The Morgan fingerprint density at radius 2 is 1.56 bits per heavy atom. The van der Waals surface area contributed by atoms with Gasteiger partial charge in [0.25, 0.3) is 0 Å². The molecule has 1 saturated heterocycles. The molecule has 0 amide bonds. The summed E-state index contributed by atoms with van der Waals surface area (Å²) in [7, 11) is 0. The van der Waals surface area contributed by atoms with Gasteiger partial charge in [-0.05, 0) is 30.2 Å². The first-order valence-corrected chi connectivity index (χ1v) is 9.75. The smallest absolute Gasteiger partial charge is 0.0652 e. The molecule has 0 spiro atoms. The Morgan fingerprint density at radius 3 is 2.33 bits per heavy atom. The van der Waals surface area contributed by atoms with Crippen LogP contribution in [0.4, 0.5) is 0 Å². The van der Waals surface area contributed by atoms with Crippen molar-refractivity contribution < 1.29 is 0 Å². The Hall–Kier alpha value is -2.65. The van der Waals surface area contributed by atoms with E-state index in [2.05, 4.69) is 90.5 Å². The van der Waals surface area contributed by atoms with Gasteiger partial charge in [0, 0.05) is 38.3 Å². The molecular formula is C24H27N3. The third kappa shape index (κ3) is 4.20. The molecule has 3 nitrogen and oxygen atoms in total. The lowest BCUT2D eigenvalue weighted by atomic mass is 10.0. The van der Waals surface area contributed by atoms with E-state index < -0.39 is 0 Å². The molecule has 0 N–H and O–H groups in total. The van der Waals surface area contributed by atoms with Crippen molar-refractivity contribution in [3.8, 4) is 0 Å². The maximum Gasteiger partial charge on any atom is 0.0652 e. The summed E-state index contributed by atoms with van der Waals surface area (Å²) in [5, 5.41) is 9.71. The van der Waals surface area contributed by atoms with Gasteiger partial charge in [-0.25, -0.2) is 0 Å². The van der Waals surface area contributed by atoms with Crippen molar-refractivity contribution in [1.29, 1.82) is 0 Å². The van der Waals surface area contributed by atoms with Crippen LogP contribution in [0.5, 0.6) is 0 Å². The molecule has 0 unspecified atom stereocenters. The summed E-state index contributed by atoms with van der Waals surface area (Å²) in [5.41, 5.74) is 5.04. The Kier molecular flexibility index (Phi) is 5.21. The Bertz CT molecular complexity index is 930. The van der Waals surface area contributed by atoms with Gasteiger partial charge < -0.3 is 0 Å². The van der Waals surface area contributed by atoms with Gasteiger partial charge in [0.2, 0.25) is 0 Å². The SMILES string of the molecule is C/C(=N/N1CCN(Cc2ccc(C)cc2)CC1)c1cccc2ccccc12. The topological polar surface area (TPSA) is 18.8 Å². The standard InChI is InChI=1S/C24H27N3/c1-19-10-12-21(13-11-19)18-26-14-16-27(17-15-26)25-20(2)23-9-5-7-22-6-3-4-8-24(22)23/h3-13H,14-18H2,1-2H3/b25-20-. The second-order valence-corrected chi connectivity index (χ2v) is 7.43. The first-order chi connectivity index (χ1) is 13.2. The minimum Gasteiger partial charge on any atom is -0.295 e. The number of hydrazone groups is 1. The van der Waals surface area contributed by atoms with Crippen LogP contribution in [0.15, 0.2) is 71.8 Å². The van der Waals surface area contributed by atoms with E-state index in [0.717, 1.165) is 38.4 Å².